The van der Waals surface area contributed by atoms with Crippen molar-refractivity contribution in [1.29, 1.82) is 0 Å². The number of methoxy groups -OCH3 is 1. The van der Waals surface area contributed by atoms with Crippen LogP contribution in [-0.4, -0.2) is 24.2 Å². The van der Waals surface area contributed by atoms with Gasteiger partial charge in [0.25, 0.3) is 0 Å². The number of hydrogen-bond acceptors (Lipinski definition) is 4. The van der Waals surface area contributed by atoms with Crippen molar-refractivity contribution in [3.8, 4) is 0 Å². The van der Waals surface area contributed by atoms with Crippen LogP contribution in [0.15, 0.2) is 30.3 Å². The molecule has 124 valence electrons. The predicted molar refractivity (Wildman–Crippen MR) is 96.0 cm³/mol. The van der Waals surface area contributed by atoms with Crippen molar-refractivity contribution >= 4 is 11.3 Å². The first-order chi connectivity index (χ1) is 11.2. The maximum atomic E-state index is 5.80. The molecule has 1 N–H and O–H groups in total. The van der Waals surface area contributed by atoms with Crippen LogP contribution in [0.4, 0.5) is 0 Å². The van der Waals surface area contributed by atoms with Crippen molar-refractivity contribution in [2.24, 2.45) is 0 Å². The van der Waals surface area contributed by atoms with Gasteiger partial charge in [-0.15, -0.1) is 11.3 Å². The molecule has 4 heteroatoms. The molecule has 3 atom stereocenters. The van der Waals surface area contributed by atoms with Gasteiger partial charge in [-0.3, -0.25) is 0 Å². The van der Waals surface area contributed by atoms with E-state index in [9.17, 15) is 0 Å². The smallest absolute Gasteiger partial charge is 0.0900 e. The third-order valence-corrected chi connectivity index (χ3v) is 5.83. The minimum absolute atomic E-state index is 0.272. The van der Waals surface area contributed by atoms with Crippen LogP contribution in [0.5, 0.6) is 0 Å². The van der Waals surface area contributed by atoms with Crippen molar-refractivity contribution in [2.45, 2.75) is 57.7 Å². The number of aryl methyl sites for hydroxylation is 2. The molecule has 0 saturated heterocycles. The summed E-state index contributed by atoms with van der Waals surface area (Å²) < 4.78 is 5.80. The third-order valence-electron chi connectivity index (χ3n) is 4.90. The fourth-order valence-electron chi connectivity index (χ4n) is 3.61. The van der Waals surface area contributed by atoms with E-state index in [1.165, 1.54) is 22.6 Å². The van der Waals surface area contributed by atoms with E-state index in [-0.39, 0.29) is 6.10 Å². The number of nitrogens with one attached hydrogen (secondary N) is 1. The van der Waals surface area contributed by atoms with E-state index in [2.05, 4.69) is 54.5 Å². The number of aromatic nitrogens is 1. The molecule has 3 rings (SSSR count). The number of nitrogens with zero attached hydrogens (tertiary/aromatic N) is 1. The molecule has 0 unspecified atom stereocenters. The van der Waals surface area contributed by atoms with Gasteiger partial charge in [-0.25, -0.2) is 4.98 Å². The molecule has 0 spiro atoms. The van der Waals surface area contributed by atoms with Crippen LogP contribution in [-0.2, 0) is 11.3 Å². The van der Waals surface area contributed by atoms with Crippen LogP contribution in [0.2, 0.25) is 0 Å². The summed E-state index contributed by atoms with van der Waals surface area (Å²) in [6, 6.07) is 11.3. The highest BCUT2D eigenvalue weighted by atomic mass is 32.1. The Bertz CT molecular complexity index is 626. The van der Waals surface area contributed by atoms with Crippen LogP contribution in [0.25, 0.3) is 0 Å². The topological polar surface area (TPSA) is 34.1 Å². The van der Waals surface area contributed by atoms with Crippen molar-refractivity contribution in [3.05, 3.63) is 51.5 Å². The molecule has 1 aromatic heterocycles. The zero-order valence-electron chi connectivity index (χ0n) is 14.2. The Morgan fingerprint density at radius 1 is 1.22 bits per heavy atom. The average Bonchev–Trinajstić information content (AvgIpc) is 2.91. The molecule has 1 saturated carbocycles. The van der Waals surface area contributed by atoms with Gasteiger partial charge in [0, 0.05) is 24.6 Å². The van der Waals surface area contributed by atoms with Crippen LogP contribution in [0.1, 0.15) is 46.3 Å². The van der Waals surface area contributed by atoms with Gasteiger partial charge in [0.05, 0.1) is 16.8 Å². The number of hydrogen-bond donors (Lipinski definition) is 1. The molecule has 0 amide bonds. The quantitative estimate of drug-likeness (QED) is 0.892. The highest BCUT2D eigenvalue weighted by molar-refractivity contribution is 7.11. The van der Waals surface area contributed by atoms with Gasteiger partial charge < -0.3 is 10.1 Å². The Morgan fingerprint density at radius 3 is 2.65 bits per heavy atom. The minimum Gasteiger partial charge on any atom is -0.380 e. The molecule has 0 aliphatic heterocycles. The van der Waals surface area contributed by atoms with Crippen LogP contribution in [0.3, 0.4) is 0 Å². The van der Waals surface area contributed by atoms with Crippen molar-refractivity contribution in [1.82, 2.24) is 10.3 Å². The summed E-state index contributed by atoms with van der Waals surface area (Å²) in [6.07, 6.45) is 3.73. The molecule has 1 fully saturated rings. The van der Waals surface area contributed by atoms with E-state index in [1.54, 1.807) is 11.3 Å². The van der Waals surface area contributed by atoms with Gasteiger partial charge in [-0.05, 0) is 44.6 Å². The maximum Gasteiger partial charge on any atom is 0.0900 e. The van der Waals surface area contributed by atoms with Crippen molar-refractivity contribution in [2.75, 3.05) is 7.11 Å². The van der Waals surface area contributed by atoms with Crippen molar-refractivity contribution < 1.29 is 4.74 Å². The Labute approximate surface area is 143 Å². The summed E-state index contributed by atoms with van der Waals surface area (Å²) in [5, 5.41) is 4.83. The zero-order chi connectivity index (χ0) is 16.2. The molecule has 23 heavy (non-hydrogen) atoms. The fourth-order valence-corrected chi connectivity index (χ4v) is 4.45. The molecular formula is C19H26N2OS. The van der Waals surface area contributed by atoms with E-state index in [0.717, 1.165) is 24.4 Å². The molecule has 1 aliphatic carbocycles. The second-order valence-electron chi connectivity index (χ2n) is 6.42. The second-order valence-corrected chi connectivity index (χ2v) is 7.83. The summed E-state index contributed by atoms with van der Waals surface area (Å²) in [5.74, 6) is 0.613. The van der Waals surface area contributed by atoms with E-state index in [0.29, 0.717) is 12.0 Å². The van der Waals surface area contributed by atoms with Gasteiger partial charge in [0.2, 0.25) is 0 Å². The number of thiazole rings is 1. The number of rotatable bonds is 5. The van der Waals surface area contributed by atoms with Crippen LogP contribution >= 0.6 is 11.3 Å². The van der Waals surface area contributed by atoms with Gasteiger partial charge in [0.15, 0.2) is 0 Å². The first-order valence-electron chi connectivity index (χ1n) is 8.41. The Balaban J connectivity index is 1.60. The first kappa shape index (κ1) is 16.6. The molecule has 1 aliphatic rings. The Hall–Kier alpha value is -1.23. The highest BCUT2D eigenvalue weighted by Gasteiger charge is 2.31. The summed E-state index contributed by atoms with van der Waals surface area (Å²) in [5.41, 5.74) is 2.63. The average molecular weight is 330 g/mol. The lowest BCUT2D eigenvalue weighted by molar-refractivity contribution is 0.0341. The fraction of sp³-hybridized carbons (Fsp3) is 0.526. The van der Waals surface area contributed by atoms with E-state index >= 15 is 0 Å². The molecule has 1 heterocycles. The molecule has 0 radical (unpaired) electrons. The molecule has 0 bridgehead atoms. The molecular weight excluding hydrogens is 304 g/mol. The van der Waals surface area contributed by atoms with E-state index in [1.807, 2.05) is 7.11 Å². The van der Waals surface area contributed by atoms with Gasteiger partial charge in [-0.2, -0.15) is 0 Å². The third kappa shape index (κ3) is 4.00. The van der Waals surface area contributed by atoms with E-state index < -0.39 is 0 Å². The first-order valence-corrected chi connectivity index (χ1v) is 9.23. The van der Waals surface area contributed by atoms with Crippen LogP contribution in [0, 0.1) is 13.8 Å². The standard InChI is InChI=1S/C19H26N2OS/c1-13-18(21-14(2)23-13)12-20-17-10-9-16(11-19(17)22-3)15-7-5-4-6-8-15/h4-8,16-17,19-20H,9-12H2,1-3H3/t16-,17+,19+/m0/s1. The Kier molecular flexibility index (Phi) is 5.46. The normalized spacial score (nSPS) is 24.7. The molecule has 3 nitrogen and oxygen atoms in total. The zero-order valence-corrected chi connectivity index (χ0v) is 15.0. The lowest BCUT2D eigenvalue weighted by Gasteiger charge is -2.36. The largest absolute Gasteiger partial charge is 0.380 e. The Morgan fingerprint density at radius 2 is 2.00 bits per heavy atom. The molecule has 1 aromatic carbocycles. The predicted octanol–water partition coefficient (Wildman–Crippen LogP) is 4.20. The summed E-state index contributed by atoms with van der Waals surface area (Å²) in [4.78, 5) is 5.94. The number of ether oxygens (including phenoxy) is 1. The summed E-state index contributed by atoms with van der Waals surface area (Å²) in [6.45, 7) is 5.07. The van der Waals surface area contributed by atoms with Gasteiger partial charge >= 0.3 is 0 Å². The van der Waals surface area contributed by atoms with Crippen molar-refractivity contribution in [3.63, 3.8) is 0 Å². The van der Waals surface area contributed by atoms with E-state index in [4.69, 9.17) is 4.74 Å². The second kappa shape index (κ2) is 7.56. The minimum atomic E-state index is 0.272. The lowest BCUT2D eigenvalue weighted by atomic mass is 9.80. The highest BCUT2D eigenvalue weighted by Crippen LogP contribution is 2.34. The number of benzene rings is 1. The SMILES string of the molecule is CO[C@@H]1C[C@@H](c2ccccc2)CC[C@H]1NCc1nc(C)sc1C. The summed E-state index contributed by atoms with van der Waals surface area (Å²) in [7, 11) is 1.84. The lowest BCUT2D eigenvalue weighted by Crippen LogP contribution is -2.44. The van der Waals surface area contributed by atoms with Crippen LogP contribution < -0.4 is 5.32 Å². The monoisotopic (exact) mass is 330 g/mol. The van der Waals surface area contributed by atoms with Gasteiger partial charge in [-0.1, -0.05) is 30.3 Å². The maximum absolute atomic E-state index is 5.80. The van der Waals surface area contributed by atoms with Gasteiger partial charge in [0.1, 0.15) is 0 Å². The summed E-state index contributed by atoms with van der Waals surface area (Å²) >= 11 is 1.78. The molecule has 2 aromatic rings.